The summed E-state index contributed by atoms with van der Waals surface area (Å²) in [6.07, 6.45) is 6.41. The maximum atomic E-state index is 12.3. The highest BCUT2D eigenvalue weighted by molar-refractivity contribution is 6.00. The second-order valence-electron chi connectivity index (χ2n) is 9.18. The number of anilines is 1. The first-order valence-corrected chi connectivity index (χ1v) is 12.2. The molecule has 4 aromatic rings. The molecule has 0 spiro atoms. The molecular formula is C30H29N5O3. The number of esters is 1. The molecule has 38 heavy (non-hydrogen) atoms. The lowest BCUT2D eigenvalue weighted by Gasteiger charge is -2.14. The monoisotopic (exact) mass is 507 g/mol. The van der Waals surface area contributed by atoms with Crippen LogP contribution in [0.5, 0.6) is 0 Å². The summed E-state index contributed by atoms with van der Waals surface area (Å²) in [5.74, 6) is -0.590. The van der Waals surface area contributed by atoms with E-state index in [9.17, 15) is 14.9 Å². The smallest absolute Gasteiger partial charge is 0.304 e. The topological polar surface area (TPSA) is 100 Å². The third-order valence-electron chi connectivity index (χ3n) is 5.90. The number of ether oxygens (including phenoxy) is 1. The Labute approximate surface area is 221 Å². The molecule has 1 N–H and O–H groups in total. The molecule has 0 fully saturated rings. The number of nitriles is 1. The fourth-order valence-electron chi connectivity index (χ4n) is 4.18. The Morgan fingerprint density at radius 3 is 2.63 bits per heavy atom. The first-order valence-electron chi connectivity index (χ1n) is 12.2. The van der Waals surface area contributed by atoms with Gasteiger partial charge in [0.05, 0.1) is 11.6 Å². The second kappa shape index (κ2) is 11.5. The van der Waals surface area contributed by atoms with Gasteiger partial charge in [0.1, 0.15) is 5.65 Å². The van der Waals surface area contributed by atoms with Gasteiger partial charge in [0, 0.05) is 54.1 Å². The molecule has 2 aromatic carbocycles. The number of amides is 1. The average Bonchev–Trinajstić information content (AvgIpc) is 3.27. The first-order chi connectivity index (χ1) is 18.2. The molecule has 1 unspecified atom stereocenters. The SMILES string of the molecule is CC(=O)OC(C)n1cc(-c2cccc(C#N)c2)c2cc(-c3cccc(NC(=O)/C=C/CN(C)C)c3)cnc21. The number of hydrogen-bond donors (Lipinski definition) is 1. The third-order valence-corrected chi connectivity index (χ3v) is 5.90. The zero-order chi connectivity index (χ0) is 27.2. The predicted octanol–water partition coefficient (Wildman–Crippen LogP) is 5.38. The zero-order valence-electron chi connectivity index (χ0n) is 21.8. The summed E-state index contributed by atoms with van der Waals surface area (Å²) in [6, 6.07) is 19.1. The van der Waals surface area contributed by atoms with E-state index in [2.05, 4.69) is 11.4 Å². The predicted molar refractivity (Wildman–Crippen MR) is 148 cm³/mol. The van der Waals surface area contributed by atoms with Crippen molar-refractivity contribution in [2.75, 3.05) is 26.0 Å². The molecule has 8 heteroatoms. The largest absolute Gasteiger partial charge is 0.442 e. The second-order valence-corrected chi connectivity index (χ2v) is 9.18. The van der Waals surface area contributed by atoms with E-state index >= 15 is 0 Å². The number of carbonyl (C=O) groups is 2. The number of rotatable bonds is 8. The van der Waals surface area contributed by atoms with Crippen molar-refractivity contribution in [2.45, 2.75) is 20.1 Å². The number of benzene rings is 2. The van der Waals surface area contributed by atoms with E-state index in [1.165, 1.54) is 13.0 Å². The van der Waals surface area contributed by atoms with Crippen molar-refractivity contribution in [1.29, 1.82) is 5.26 Å². The highest BCUT2D eigenvalue weighted by Crippen LogP contribution is 2.35. The van der Waals surface area contributed by atoms with Gasteiger partial charge in [-0.1, -0.05) is 30.3 Å². The lowest BCUT2D eigenvalue weighted by atomic mass is 10.0. The van der Waals surface area contributed by atoms with Crippen molar-refractivity contribution in [3.8, 4) is 28.3 Å². The van der Waals surface area contributed by atoms with E-state index in [-0.39, 0.29) is 11.9 Å². The van der Waals surface area contributed by atoms with Crippen molar-refractivity contribution in [3.05, 3.63) is 84.7 Å². The maximum absolute atomic E-state index is 12.3. The number of nitrogens with one attached hydrogen (secondary N) is 1. The molecular weight excluding hydrogens is 478 g/mol. The van der Waals surface area contributed by atoms with Crippen LogP contribution >= 0.6 is 0 Å². The lowest BCUT2D eigenvalue weighted by Crippen LogP contribution is -2.12. The van der Waals surface area contributed by atoms with E-state index in [0.717, 1.165) is 27.6 Å². The summed E-state index contributed by atoms with van der Waals surface area (Å²) in [7, 11) is 3.88. The van der Waals surface area contributed by atoms with E-state index in [4.69, 9.17) is 9.72 Å². The highest BCUT2D eigenvalue weighted by Gasteiger charge is 2.18. The molecule has 0 aliphatic carbocycles. The molecule has 0 saturated heterocycles. The van der Waals surface area contributed by atoms with Crippen molar-refractivity contribution in [2.24, 2.45) is 0 Å². The van der Waals surface area contributed by atoms with E-state index in [1.54, 1.807) is 25.3 Å². The van der Waals surface area contributed by atoms with Gasteiger partial charge in [-0.25, -0.2) is 4.98 Å². The molecule has 0 aliphatic heterocycles. The van der Waals surface area contributed by atoms with Crippen LogP contribution in [0.4, 0.5) is 5.69 Å². The van der Waals surface area contributed by atoms with Crippen LogP contribution in [0.25, 0.3) is 33.3 Å². The lowest BCUT2D eigenvalue weighted by molar-refractivity contribution is -0.149. The standard InChI is InChI=1S/C30H29N5O3/c1-20(38-21(2)36)35-19-28(24-10-5-8-22(14-24)17-31)27-16-25(18-32-30(27)35)23-9-6-11-26(15-23)33-29(37)12-7-13-34(3)4/h5-12,14-16,18-20H,13H2,1-4H3,(H,33,37)/b12-7+. The summed E-state index contributed by atoms with van der Waals surface area (Å²) >= 11 is 0. The van der Waals surface area contributed by atoms with Gasteiger partial charge in [-0.05, 0) is 62.5 Å². The number of likely N-dealkylation sites (N-methyl/N-ethyl adjacent to an activating group) is 1. The summed E-state index contributed by atoms with van der Waals surface area (Å²) in [5.41, 5.74) is 5.32. The Bertz CT molecular complexity index is 1560. The summed E-state index contributed by atoms with van der Waals surface area (Å²) < 4.78 is 7.24. The number of hydrogen-bond acceptors (Lipinski definition) is 6. The molecule has 1 atom stereocenters. The number of fused-ring (bicyclic) bond motifs is 1. The summed E-state index contributed by atoms with van der Waals surface area (Å²) in [5, 5.41) is 13.2. The van der Waals surface area contributed by atoms with Crippen molar-refractivity contribution >= 4 is 28.6 Å². The van der Waals surface area contributed by atoms with E-state index < -0.39 is 6.23 Å². The van der Waals surface area contributed by atoms with Crippen LogP contribution in [0, 0.1) is 11.3 Å². The van der Waals surface area contributed by atoms with Gasteiger partial charge in [0.25, 0.3) is 0 Å². The van der Waals surface area contributed by atoms with Gasteiger partial charge in [-0.15, -0.1) is 0 Å². The minimum absolute atomic E-state index is 0.200. The molecule has 2 heterocycles. The van der Waals surface area contributed by atoms with Gasteiger partial charge in [-0.2, -0.15) is 5.26 Å². The normalized spacial score (nSPS) is 12.0. The van der Waals surface area contributed by atoms with Crippen LogP contribution in [-0.2, 0) is 14.3 Å². The molecule has 1 amide bonds. The number of carbonyl (C=O) groups excluding carboxylic acids is 2. The Kier molecular flexibility index (Phi) is 8.00. The number of pyridine rings is 1. The van der Waals surface area contributed by atoms with Crippen LogP contribution in [0.2, 0.25) is 0 Å². The molecule has 0 aliphatic rings. The molecule has 0 radical (unpaired) electrons. The molecule has 0 saturated carbocycles. The van der Waals surface area contributed by atoms with E-state index in [1.807, 2.05) is 78.3 Å². The molecule has 192 valence electrons. The minimum Gasteiger partial charge on any atom is -0.442 e. The van der Waals surface area contributed by atoms with Crippen molar-refractivity contribution in [1.82, 2.24) is 14.5 Å². The Morgan fingerprint density at radius 1 is 1.13 bits per heavy atom. The quantitative estimate of drug-likeness (QED) is 0.254. The van der Waals surface area contributed by atoms with Crippen LogP contribution in [0.15, 0.2) is 79.1 Å². The van der Waals surface area contributed by atoms with Crippen LogP contribution in [0.3, 0.4) is 0 Å². The van der Waals surface area contributed by atoms with Crippen LogP contribution in [-0.4, -0.2) is 47.0 Å². The molecule has 0 bridgehead atoms. The Morgan fingerprint density at radius 2 is 1.89 bits per heavy atom. The van der Waals surface area contributed by atoms with Crippen molar-refractivity contribution < 1.29 is 14.3 Å². The van der Waals surface area contributed by atoms with Gasteiger partial charge < -0.3 is 15.0 Å². The molecule has 4 rings (SSSR count). The van der Waals surface area contributed by atoms with Crippen LogP contribution < -0.4 is 5.32 Å². The van der Waals surface area contributed by atoms with Gasteiger partial charge in [-0.3, -0.25) is 14.2 Å². The summed E-state index contributed by atoms with van der Waals surface area (Å²) in [4.78, 5) is 30.7. The van der Waals surface area contributed by atoms with Crippen LogP contribution in [0.1, 0.15) is 25.6 Å². The zero-order valence-corrected chi connectivity index (χ0v) is 21.8. The third kappa shape index (κ3) is 6.14. The molecule has 2 aromatic heterocycles. The van der Waals surface area contributed by atoms with Gasteiger partial charge in [0.15, 0.2) is 6.23 Å². The fraction of sp³-hybridized carbons (Fsp3) is 0.200. The average molecular weight is 508 g/mol. The maximum Gasteiger partial charge on any atom is 0.304 e. The minimum atomic E-state index is -0.569. The first kappa shape index (κ1) is 26.3. The van der Waals surface area contributed by atoms with Crippen molar-refractivity contribution in [3.63, 3.8) is 0 Å². The molecule has 8 nitrogen and oxygen atoms in total. The Hall–Kier alpha value is -4.74. The van der Waals surface area contributed by atoms with E-state index in [0.29, 0.717) is 23.4 Å². The fourth-order valence-corrected chi connectivity index (χ4v) is 4.18. The highest BCUT2D eigenvalue weighted by atomic mass is 16.6. The number of nitrogens with zero attached hydrogens (tertiary/aromatic N) is 4. The van der Waals surface area contributed by atoms with Gasteiger partial charge in [0.2, 0.25) is 5.91 Å². The summed E-state index contributed by atoms with van der Waals surface area (Å²) in [6.45, 7) is 3.83. The van der Waals surface area contributed by atoms with Gasteiger partial charge >= 0.3 is 5.97 Å². The Balaban J connectivity index is 1.75. The number of aromatic nitrogens is 2.